The van der Waals surface area contributed by atoms with Gasteiger partial charge < -0.3 is 10.6 Å². The first-order chi connectivity index (χ1) is 15.5. The van der Waals surface area contributed by atoms with Crippen LogP contribution in [0.2, 0.25) is 0 Å². The summed E-state index contributed by atoms with van der Waals surface area (Å²) in [5.74, 6) is -0.835. The Morgan fingerprint density at radius 1 is 1.03 bits per heavy atom. The highest BCUT2D eigenvalue weighted by Crippen LogP contribution is 2.32. The van der Waals surface area contributed by atoms with E-state index in [1.54, 1.807) is 12.1 Å². The second-order valence-electron chi connectivity index (χ2n) is 8.94. The van der Waals surface area contributed by atoms with E-state index in [2.05, 4.69) is 10.6 Å². The first-order valence-corrected chi connectivity index (χ1v) is 11.7. The van der Waals surface area contributed by atoms with Crippen molar-refractivity contribution in [3.05, 3.63) is 65.5 Å². The number of carbonyl (C=O) groups excluding carboxylic acids is 2. The molecule has 2 N–H and O–H groups in total. The molecule has 1 saturated heterocycles. The van der Waals surface area contributed by atoms with Crippen molar-refractivity contribution in [3.8, 4) is 0 Å². The van der Waals surface area contributed by atoms with Crippen LogP contribution in [0.1, 0.15) is 62.1 Å². The van der Waals surface area contributed by atoms with Crippen molar-refractivity contribution in [1.29, 1.82) is 0 Å². The number of anilines is 1. The number of nitrogens with zero attached hydrogens (tertiary/aromatic N) is 1. The van der Waals surface area contributed by atoms with E-state index >= 15 is 0 Å². The average molecular weight is 438 g/mol. The Morgan fingerprint density at radius 2 is 1.81 bits per heavy atom. The molecule has 2 atom stereocenters. The van der Waals surface area contributed by atoms with Crippen LogP contribution < -0.4 is 15.5 Å². The first-order valence-electron chi connectivity index (χ1n) is 11.7. The van der Waals surface area contributed by atoms with Crippen molar-refractivity contribution in [3.63, 3.8) is 0 Å². The Balaban J connectivity index is 1.77. The zero-order valence-electron chi connectivity index (χ0n) is 18.6. The van der Waals surface area contributed by atoms with E-state index in [0.29, 0.717) is 12.1 Å². The third-order valence-electron chi connectivity index (χ3n) is 6.62. The Morgan fingerprint density at radius 3 is 2.50 bits per heavy atom. The molecule has 2 aromatic carbocycles. The van der Waals surface area contributed by atoms with E-state index in [9.17, 15) is 14.0 Å². The Kier molecular flexibility index (Phi) is 7.20. The van der Waals surface area contributed by atoms with Crippen LogP contribution >= 0.6 is 0 Å². The minimum atomic E-state index is -0.866. The Labute approximate surface area is 189 Å². The van der Waals surface area contributed by atoms with Gasteiger partial charge in [-0.05, 0) is 68.5 Å². The molecule has 5 nitrogen and oxygen atoms in total. The number of benzene rings is 2. The standard InChI is InChI=1S/C26H32FN3O2/c1-18-9-5-6-14-22(18)24(25(31)29-20-11-3-2-4-12-20)30(21-13-7-10-19(27)17-21)26(32)23-15-8-16-28-23/h5-7,9-10,13-14,17,20,23-24,28H,2-4,8,11-12,15-16H2,1H3,(H,29,31). The second-order valence-corrected chi connectivity index (χ2v) is 8.94. The fourth-order valence-electron chi connectivity index (χ4n) is 4.91. The van der Waals surface area contributed by atoms with Gasteiger partial charge in [0.1, 0.15) is 11.9 Å². The predicted octanol–water partition coefficient (Wildman–Crippen LogP) is 4.41. The summed E-state index contributed by atoms with van der Waals surface area (Å²) in [5.41, 5.74) is 2.08. The van der Waals surface area contributed by atoms with Gasteiger partial charge >= 0.3 is 0 Å². The molecular formula is C26H32FN3O2. The summed E-state index contributed by atoms with van der Waals surface area (Å²) in [7, 11) is 0. The van der Waals surface area contributed by atoms with Crippen LogP contribution in [0.3, 0.4) is 0 Å². The van der Waals surface area contributed by atoms with Gasteiger partial charge in [0.15, 0.2) is 0 Å². The third kappa shape index (κ3) is 5.01. The zero-order chi connectivity index (χ0) is 22.5. The SMILES string of the molecule is Cc1ccccc1C(C(=O)NC1CCCCC1)N(C(=O)C1CCCN1)c1cccc(F)c1. The molecule has 1 aliphatic carbocycles. The van der Waals surface area contributed by atoms with Gasteiger partial charge in [0.25, 0.3) is 0 Å². The lowest BCUT2D eigenvalue weighted by Gasteiger charge is -2.35. The molecule has 0 bridgehead atoms. The minimum absolute atomic E-state index is 0.108. The summed E-state index contributed by atoms with van der Waals surface area (Å²) in [6.07, 6.45) is 6.88. The van der Waals surface area contributed by atoms with Gasteiger partial charge in [0.2, 0.25) is 11.8 Å². The number of hydrogen-bond acceptors (Lipinski definition) is 3. The average Bonchev–Trinajstić information content (AvgIpc) is 3.33. The van der Waals surface area contributed by atoms with Crippen molar-refractivity contribution in [2.45, 2.75) is 70.0 Å². The third-order valence-corrected chi connectivity index (χ3v) is 6.62. The zero-order valence-corrected chi connectivity index (χ0v) is 18.6. The molecule has 2 aromatic rings. The second kappa shape index (κ2) is 10.3. The summed E-state index contributed by atoms with van der Waals surface area (Å²) in [6, 6.07) is 12.5. The quantitative estimate of drug-likeness (QED) is 0.704. The molecule has 2 fully saturated rings. The van der Waals surface area contributed by atoms with Crippen LogP contribution in [0, 0.1) is 12.7 Å². The predicted molar refractivity (Wildman–Crippen MR) is 124 cm³/mol. The van der Waals surface area contributed by atoms with E-state index in [0.717, 1.165) is 49.8 Å². The largest absolute Gasteiger partial charge is 0.351 e. The number of nitrogens with one attached hydrogen (secondary N) is 2. The van der Waals surface area contributed by atoms with E-state index in [-0.39, 0.29) is 23.9 Å². The maximum Gasteiger partial charge on any atom is 0.248 e. The molecule has 0 spiro atoms. The molecule has 4 rings (SSSR count). The van der Waals surface area contributed by atoms with Gasteiger partial charge in [0.05, 0.1) is 6.04 Å². The summed E-state index contributed by atoms with van der Waals surface area (Å²) in [6.45, 7) is 2.70. The van der Waals surface area contributed by atoms with Crippen molar-refractivity contribution in [1.82, 2.24) is 10.6 Å². The van der Waals surface area contributed by atoms with E-state index in [4.69, 9.17) is 0 Å². The Bertz CT molecular complexity index is 952. The molecule has 1 heterocycles. The number of halogens is 1. The van der Waals surface area contributed by atoms with Crippen LogP contribution in [0.4, 0.5) is 10.1 Å². The summed E-state index contributed by atoms with van der Waals surface area (Å²) < 4.78 is 14.2. The number of aryl methyl sites for hydroxylation is 1. The normalized spacial score (nSPS) is 20.0. The molecule has 0 aromatic heterocycles. The van der Waals surface area contributed by atoms with Gasteiger partial charge in [-0.3, -0.25) is 14.5 Å². The molecule has 1 saturated carbocycles. The van der Waals surface area contributed by atoms with Gasteiger partial charge in [-0.1, -0.05) is 49.6 Å². The van der Waals surface area contributed by atoms with Crippen LogP contribution in [-0.4, -0.2) is 30.4 Å². The van der Waals surface area contributed by atoms with Gasteiger partial charge in [-0.25, -0.2) is 4.39 Å². The van der Waals surface area contributed by atoms with Gasteiger partial charge in [-0.15, -0.1) is 0 Å². The number of amides is 2. The summed E-state index contributed by atoms with van der Waals surface area (Å²) >= 11 is 0. The first kappa shape index (κ1) is 22.5. The fraction of sp³-hybridized carbons (Fsp3) is 0.462. The van der Waals surface area contributed by atoms with Crippen molar-refractivity contribution >= 4 is 17.5 Å². The maximum absolute atomic E-state index is 14.2. The number of rotatable bonds is 6. The van der Waals surface area contributed by atoms with E-state index in [1.807, 2.05) is 31.2 Å². The lowest BCUT2D eigenvalue weighted by molar-refractivity contribution is -0.128. The summed E-state index contributed by atoms with van der Waals surface area (Å²) in [4.78, 5) is 29.0. The molecule has 170 valence electrons. The summed E-state index contributed by atoms with van der Waals surface area (Å²) in [5, 5.41) is 6.45. The number of hydrogen-bond donors (Lipinski definition) is 2. The monoisotopic (exact) mass is 437 g/mol. The molecule has 2 amide bonds. The molecule has 32 heavy (non-hydrogen) atoms. The molecule has 1 aliphatic heterocycles. The van der Waals surface area contributed by atoms with Crippen molar-refractivity contribution < 1.29 is 14.0 Å². The number of carbonyl (C=O) groups is 2. The molecule has 2 aliphatic rings. The van der Waals surface area contributed by atoms with Crippen LogP contribution in [0.25, 0.3) is 0 Å². The lowest BCUT2D eigenvalue weighted by Crippen LogP contribution is -2.51. The molecular weight excluding hydrogens is 405 g/mol. The Hall–Kier alpha value is -2.73. The fourth-order valence-corrected chi connectivity index (χ4v) is 4.91. The maximum atomic E-state index is 14.2. The van der Waals surface area contributed by atoms with Gasteiger partial charge in [0, 0.05) is 11.7 Å². The van der Waals surface area contributed by atoms with Crippen molar-refractivity contribution in [2.24, 2.45) is 0 Å². The van der Waals surface area contributed by atoms with Gasteiger partial charge in [-0.2, -0.15) is 0 Å². The molecule has 0 radical (unpaired) electrons. The van der Waals surface area contributed by atoms with Crippen LogP contribution in [-0.2, 0) is 9.59 Å². The topological polar surface area (TPSA) is 61.4 Å². The van der Waals surface area contributed by atoms with E-state index < -0.39 is 11.9 Å². The van der Waals surface area contributed by atoms with Crippen molar-refractivity contribution in [2.75, 3.05) is 11.4 Å². The highest BCUT2D eigenvalue weighted by atomic mass is 19.1. The lowest BCUT2D eigenvalue weighted by atomic mass is 9.93. The van der Waals surface area contributed by atoms with Crippen LogP contribution in [0.15, 0.2) is 48.5 Å². The highest BCUT2D eigenvalue weighted by Gasteiger charge is 2.38. The van der Waals surface area contributed by atoms with E-state index in [1.165, 1.54) is 23.5 Å². The molecule has 2 unspecified atom stereocenters. The van der Waals surface area contributed by atoms with Crippen LogP contribution in [0.5, 0.6) is 0 Å². The minimum Gasteiger partial charge on any atom is -0.351 e. The molecule has 6 heteroatoms. The highest BCUT2D eigenvalue weighted by molar-refractivity contribution is 6.04. The smallest absolute Gasteiger partial charge is 0.248 e.